The maximum absolute atomic E-state index is 4.67. The van der Waals surface area contributed by atoms with E-state index in [-0.39, 0.29) is 0 Å². The summed E-state index contributed by atoms with van der Waals surface area (Å²) >= 11 is 0. The summed E-state index contributed by atoms with van der Waals surface area (Å²) in [6, 6.07) is 9.08. The fourth-order valence-electron chi connectivity index (χ4n) is 2.32. The highest BCUT2D eigenvalue weighted by atomic mass is 15.2. The van der Waals surface area contributed by atoms with E-state index >= 15 is 0 Å². The van der Waals surface area contributed by atoms with Crippen LogP contribution in [0, 0.1) is 0 Å². The topological polar surface area (TPSA) is 36.4 Å². The van der Waals surface area contributed by atoms with Gasteiger partial charge in [0.15, 0.2) is 5.96 Å². The summed E-state index contributed by atoms with van der Waals surface area (Å²) in [4.78, 5) is 4.67. The van der Waals surface area contributed by atoms with E-state index < -0.39 is 0 Å². The molecule has 0 radical (unpaired) electrons. The highest BCUT2D eigenvalue weighted by Crippen LogP contribution is 2.34. The van der Waals surface area contributed by atoms with Gasteiger partial charge in [-0.2, -0.15) is 0 Å². The van der Waals surface area contributed by atoms with Crippen LogP contribution in [0.2, 0.25) is 0 Å². The molecule has 0 amide bonds. The van der Waals surface area contributed by atoms with Crippen LogP contribution in [0.25, 0.3) is 0 Å². The van der Waals surface area contributed by atoms with Crippen LogP contribution in [0.15, 0.2) is 29.3 Å². The van der Waals surface area contributed by atoms with Crippen molar-refractivity contribution in [3.63, 3.8) is 0 Å². The number of benzene rings is 1. The number of hydrogen-bond donors (Lipinski definition) is 2. The van der Waals surface area contributed by atoms with Gasteiger partial charge in [-0.3, -0.25) is 4.99 Å². The number of nitrogens with one attached hydrogen (secondary N) is 2. The first-order valence-electron chi connectivity index (χ1n) is 6.83. The predicted molar refractivity (Wildman–Crippen MR) is 77.1 cm³/mol. The molecule has 1 aromatic rings. The molecule has 0 spiro atoms. The SMILES string of the molecule is CCNC(=NCC1Cc2ccccc21)NC(C)C. The zero-order valence-corrected chi connectivity index (χ0v) is 11.5. The van der Waals surface area contributed by atoms with Gasteiger partial charge in [-0.1, -0.05) is 24.3 Å². The largest absolute Gasteiger partial charge is 0.357 e. The molecule has 0 saturated carbocycles. The van der Waals surface area contributed by atoms with Crippen molar-refractivity contribution in [1.82, 2.24) is 10.6 Å². The average molecular weight is 245 g/mol. The second kappa shape index (κ2) is 5.89. The standard InChI is InChI=1S/C15H23N3/c1-4-16-15(18-11(2)3)17-10-13-9-12-7-5-6-8-14(12)13/h5-8,11,13H,4,9-10H2,1-3H3,(H2,16,17,18). The number of hydrogen-bond acceptors (Lipinski definition) is 1. The minimum absolute atomic E-state index is 0.413. The van der Waals surface area contributed by atoms with Crippen molar-refractivity contribution in [2.45, 2.75) is 39.2 Å². The smallest absolute Gasteiger partial charge is 0.191 e. The Labute approximate surface area is 110 Å². The molecule has 1 aromatic carbocycles. The molecule has 0 heterocycles. The van der Waals surface area contributed by atoms with E-state index in [1.807, 2.05) is 0 Å². The Morgan fingerprint density at radius 3 is 2.83 bits per heavy atom. The van der Waals surface area contributed by atoms with Crippen LogP contribution in [-0.4, -0.2) is 25.1 Å². The first-order valence-corrected chi connectivity index (χ1v) is 6.83. The molecule has 2 rings (SSSR count). The molecule has 18 heavy (non-hydrogen) atoms. The normalized spacial score (nSPS) is 18.2. The molecule has 1 unspecified atom stereocenters. The molecule has 98 valence electrons. The lowest BCUT2D eigenvalue weighted by Crippen LogP contribution is -2.41. The van der Waals surface area contributed by atoms with Gasteiger partial charge in [0.25, 0.3) is 0 Å². The van der Waals surface area contributed by atoms with Crippen LogP contribution in [-0.2, 0) is 6.42 Å². The molecule has 1 aliphatic rings. The number of guanidine groups is 1. The summed E-state index contributed by atoms with van der Waals surface area (Å²) in [5.41, 5.74) is 2.96. The van der Waals surface area contributed by atoms with Crippen LogP contribution in [0.5, 0.6) is 0 Å². The fraction of sp³-hybridized carbons (Fsp3) is 0.533. The quantitative estimate of drug-likeness (QED) is 0.631. The van der Waals surface area contributed by atoms with Gasteiger partial charge >= 0.3 is 0 Å². The summed E-state index contributed by atoms with van der Waals surface area (Å²) in [6.07, 6.45) is 1.17. The number of rotatable bonds is 4. The summed E-state index contributed by atoms with van der Waals surface area (Å²) in [7, 11) is 0. The lowest BCUT2D eigenvalue weighted by molar-refractivity contribution is 0.611. The molecule has 1 aliphatic carbocycles. The third-order valence-corrected chi connectivity index (χ3v) is 3.20. The molecule has 0 aromatic heterocycles. The van der Waals surface area contributed by atoms with Gasteiger partial charge in [0.1, 0.15) is 0 Å². The van der Waals surface area contributed by atoms with Crippen molar-refractivity contribution >= 4 is 5.96 Å². The molecular weight excluding hydrogens is 222 g/mol. The first-order chi connectivity index (χ1) is 8.70. The Kier molecular flexibility index (Phi) is 4.24. The highest BCUT2D eigenvalue weighted by Gasteiger charge is 2.24. The van der Waals surface area contributed by atoms with Crippen molar-refractivity contribution in [3.05, 3.63) is 35.4 Å². The Balaban J connectivity index is 1.93. The summed E-state index contributed by atoms with van der Waals surface area (Å²) in [6.45, 7) is 8.13. The number of fused-ring (bicyclic) bond motifs is 1. The molecule has 0 fully saturated rings. The van der Waals surface area contributed by atoms with E-state index in [0.29, 0.717) is 12.0 Å². The van der Waals surface area contributed by atoms with E-state index in [1.54, 1.807) is 0 Å². The Morgan fingerprint density at radius 1 is 1.39 bits per heavy atom. The average Bonchev–Trinajstić information content (AvgIpc) is 2.29. The van der Waals surface area contributed by atoms with Crippen LogP contribution >= 0.6 is 0 Å². The van der Waals surface area contributed by atoms with E-state index in [9.17, 15) is 0 Å². The minimum Gasteiger partial charge on any atom is -0.357 e. The highest BCUT2D eigenvalue weighted by molar-refractivity contribution is 5.80. The van der Waals surface area contributed by atoms with Gasteiger partial charge in [-0.05, 0) is 38.3 Å². The third-order valence-electron chi connectivity index (χ3n) is 3.20. The summed E-state index contributed by atoms with van der Waals surface area (Å²) in [5.74, 6) is 1.53. The van der Waals surface area contributed by atoms with Gasteiger partial charge in [-0.15, -0.1) is 0 Å². The minimum atomic E-state index is 0.413. The summed E-state index contributed by atoms with van der Waals surface area (Å²) in [5, 5.41) is 6.63. The third kappa shape index (κ3) is 3.03. The second-order valence-corrected chi connectivity index (χ2v) is 5.12. The maximum Gasteiger partial charge on any atom is 0.191 e. The van der Waals surface area contributed by atoms with Crippen molar-refractivity contribution in [2.24, 2.45) is 4.99 Å². The van der Waals surface area contributed by atoms with Crippen LogP contribution in [0.1, 0.15) is 37.8 Å². The molecular formula is C15H23N3. The Bertz CT molecular complexity index is 424. The molecule has 3 nitrogen and oxygen atoms in total. The molecule has 0 bridgehead atoms. The fourth-order valence-corrected chi connectivity index (χ4v) is 2.32. The Morgan fingerprint density at radius 2 is 2.17 bits per heavy atom. The van der Waals surface area contributed by atoms with Crippen LogP contribution in [0.4, 0.5) is 0 Å². The maximum atomic E-state index is 4.67. The van der Waals surface area contributed by atoms with Gasteiger partial charge in [0, 0.05) is 25.0 Å². The van der Waals surface area contributed by atoms with E-state index in [4.69, 9.17) is 0 Å². The monoisotopic (exact) mass is 245 g/mol. The van der Waals surface area contributed by atoms with Crippen molar-refractivity contribution in [3.8, 4) is 0 Å². The van der Waals surface area contributed by atoms with Crippen molar-refractivity contribution in [1.29, 1.82) is 0 Å². The lowest BCUT2D eigenvalue weighted by atomic mass is 9.78. The number of aliphatic imine (C=N–C) groups is 1. The first kappa shape index (κ1) is 12.9. The molecule has 0 saturated heterocycles. The van der Waals surface area contributed by atoms with E-state index in [0.717, 1.165) is 19.0 Å². The van der Waals surface area contributed by atoms with Gasteiger partial charge in [-0.25, -0.2) is 0 Å². The van der Waals surface area contributed by atoms with Gasteiger partial charge in [0.2, 0.25) is 0 Å². The molecule has 2 N–H and O–H groups in total. The zero-order valence-electron chi connectivity index (χ0n) is 11.5. The van der Waals surface area contributed by atoms with E-state index in [1.165, 1.54) is 17.5 Å². The van der Waals surface area contributed by atoms with Crippen molar-refractivity contribution < 1.29 is 0 Å². The van der Waals surface area contributed by atoms with Crippen LogP contribution in [0.3, 0.4) is 0 Å². The number of nitrogens with zero attached hydrogens (tertiary/aromatic N) is 1. The predicted octanol–water partition coefficient (Wildman–Crippen LogP) is 2.29. The van der Waals surface area contributed by atoms with Crippen molar-refractivity contribution in [2.75, 3.05) is 13.1 Å². The molecule has 1 atom stereocenters. The zero-order chi connectivity index (χ0) is 13.0. The van der Waals surface area contributed by atoms with E-state index in [2.05, 4.69) is 60.7 Å². The molecule has 3 heteroatoms. The van der Waals surface area contributed by atoms with Crippen LogP contribution < -0.4 is 10.6 Å². The van der Waals surface area contributed by atoms with Gasteiger partial charge in [0.05, 0.1) is 0 Å². The lowest BCUT2D eigenvalue weighted by Gasteiger charge is -2.29. The van der Waals surface area contributed by atoms with Gasteiger partial charge < -0.3 is 10.6 Å². The second-order valence-electron chi connectivity index (χ2n) is 5.12. The summed E-state index contributed by atoms with van der Waals surface area (Å²) < 4.78 is 0. The Hall–Kier alpha value is -1.51. The molecule has 0 aliphatic heterocycles.